The van der Waals surface area contributed by atoms with Crippen molar-refractivity contribution in [3.05, 3.63) is 77.6 Å². The quantitative estimate of drug-likeness (QED) is 0.309. The number of hydrogen-bond donors (Lipinski definition) is 2. The van der Waals surface area contributed by atoms with Crippen LogP contribution in [0.1, 0.15) is 48.3 Å². The predicted octanol–water partition coefficient (Wildman–Crippen LogP) is 4.26. The third-order valence-electron chi connectivity index (χ3n) is 7.72. The Morgan fingerprint density at radius 3 is 2.59 bits per heavy atom. The zero-order valence-electron chi connectivity index (χ0n) is 24.8. The van der Waals surface area contributed by atoms with Gasteiger partial charge >= 0.3 is 0 Å². The molecule has 2 aliphatic heterocycles. The van der Waals surface area contributed by atoms with Crippen LogP contribution in [0.3, 0.4) is 0 Å². The lowest BCUT2D eigenvalue weighted by Crippen LogP contribution is -2.56. The van der Waals surface area contributed by atoms with Crippen molar-refractivity contribution in [3.63, 3.8) is 0 Å². The summed E-state index contributed by atoms with van der Waals surface area (Å²) < 4.78 is 31.4. The van der Waals surface area contributed by atoms with E-state index in [2.05, 4.69) is 21.5 Å². The molecule has 230 valence electrons. The van der Waals surface area contributed by atoms with Crippen molar-refractivity contribution in [3.8, 4) is 11.3 Å². The second kappa shape index (κ2) is 12.3. The third-order valence-corrected chi connectivity index (χ3v) is 8.49. The average molecular weight is 622 g/mol. The molecule has 0 aliphatic carbocycles. The van der Waals surface area contributed by atoms with Gasteiger partial charge in [-0.2, -0.15) is 0 Å². The minimum absolute atomic E-state index is 0.0819. The van der Waals surface area contributed by atoms with Crippen LogP contribution < -0.4 is 10.6 Å². The fourth-order valence-electron chi connectivity index (χ4n) is 5.65. The van der Waals surface area contributed by atoms with Crippen LogP contribution in [0.5, 0.6) is 0 Å². The monoisotopic (exact) mass is 621 g/mol. The van der Waals surface area contributed by atoms with Gasteiger partial charge in [-0.1, -0.05) is 26.5 Å². The molecule has 0 spiro atoms. The number of primary amides is 1. The summed E-state index contributed by atoms with van der Waals surface area (Å²) in [6.45, 7) is 10.4. The summed E-state index contributed by atoms with van der Waals surface area (Å²) in [5.74, 6) is -2.66. The standard InChI is InChI=1S/C31H33F2N7O3S/c1-6-23(41)38-12-13-39(17(4)15-38)29-19-14-21(33)26(24-18(28(34)42)8-7-9-20(24)32)36-30(19)40(31(43)37-29)27-22(44-5)10-11-35-25(27)16(2)3/h6-11,14,16-17,31,43H,1,12-13,15H2,2-5H3,(H2,34,42)/t17-,31?/m0/s1. The molecule has 3 aromatic rings. The van der Waals surface area contributed by atoms with Crippen LogP contribution in [0.15, 0.2) is 59.1 Å². The first kappa shape index (κ1) is 31.1. The van der Waals surface area contributed by atoms with Crippen molar-refractivity contribution in [1.82, 2.24) is 19.8 Å². The first-order chi connectivity index (χ1) is 21.0. The minimum atomic E-state index is -1.52. The number of amides is 2. The number of pyridine rings is 2. The molecule has 2 atom stereocenters. The average Bonchev–Trinajstić information content (AvgIpc) is 3.00. The van der Waals surface area contributed by atoms with Crippen LogP contribution in [0.4, 0.5) is 20.3 Å². The van der Waals surface area contributed by atoms with E-state index >= 15 is 8.78 Å². The number of fused-ring (bicyclic) bond motifs is 1. The maximum Gasteiger partial charge on any atom is 0.249 e. The maximum atomic E-state index is 16.1. The number of aliphatic imine (C=N–C) groups is 1. The first-order valence-corrected chi connectivity index (χ1v) is 15.3. The summed E-state index contributed by atoms with van der Waals surface area (Å²) >= 11 is 1.42. The fourth-order valence-corrected chi connectivity index (χ4v) is 6.24. The van der Waals surface area contributed by atoms with Gasteiger partial charge in [-0.25, -0.2) is 18.8 Å². The molecule has 0 bridgehead atoms. The van der Waals surface area contributed by atoms with Gasteiger partial charge in [-0.3, -0.25) is 19.5 Å². The van der Waals surface area contributed by atoms with Crippen molar-refractivity contribution >= 4 is 40.9 Å². The lowest BCUT2D eigenvalue weighted by atomic mass is 10.00. The van der Waals surface area contributed by atoms with Crippen molar-refractivity contribution < 1.29 is 23.5 Å². The van der Waals surface area contributed by atoms with E-state index in [-0.39, 0.29) is 46.2 Å². The number of nitrogens with zero attached hydrogens (tertiary/aromatic N) is 6. The molecule has 2 aromatic heterocycles. The molecule has 0 saturated carbocycles. The van der Waals surface area contributed by atoms with Crippen LogP contribution in [-0.2, 0) is 4.79 Å². The van der Waals surface area contributed by atoms with Crippen molar-refractivity contribution in [2.45, 2.75) is 44.0 Å². The van der Waals surface area contributed by atoms with Gasteiger partial charge in [0, 0.05) is 36.8 Å². The van der Waals surface area contributed by atoms with E-state index in [0.29, 0.717) is 31.0 Å². The smallest absolute Gasteiger partial charge is 0.249 e. The lowest BCUT2D eigenvalue weighted by Gasteiger charge is -2.44. The summed E-state index contributed by atoms with van der Waals surface area (Å²) in [4.78, 5) is 44.1. The lowest BCUT2D eigenvalue weighted by molar-refractivity contribution is -0.128. The molecular formula is C31H33F2N7O3S. The molecule has 10 nitrogen and oxygen atoms in total. The minimum Gasteiger partial charge on any atom is -0.366 e. The number of rotatable bonds is 6. The number of aliphatic hydroxyl groups excluding tert-OH is 1. The van der Waals surface area contributed by atoms with E-state index in [1.165, 1.54) is 40.9 Å². The molecular weight excluding hydrogens is 588 g/mol. The summed E-state index contributed by atoms with van der Waals surface area (Å²) in [7, 11) is 0. The molecule has 5 rings (SSSR count). The van der Waals surface area contributed by atoms with Crippen LogP contribution in [-0.4, -0.2) is 80.8 Å². The number of carbonyl (C=O) groups is 2. The van der Waals surface area contributed by atoms with Crippen molar-refractivity contribution in [2.24, 2.45) is 10.7 Å². The number of benzene rings is 1. The Morgan fingerprint density at radius 1 is 1.20 bits per heavy atom. The second-order valence-electron chi connectivity index (χ2n) is 10.8. The Morgan fingerprint density at radius 2 is 1.95 bits per heavy atom. The number of nitrogens with two attached hydrogens (primary N) is 1. The molecule has 0 radical (unpaired) electrons. The number of amidine groups is 1. The Kier molecular flexibility index (Phi) is 8.71. The van der Waals surface area contributed by atoms with Gasteiger partial charge in [0.15, 0.2) is 5.82 Å². The van der Waals surface area contributed by atoms with E-state index in [4.69, 9.17) is 5.73 Å². The summed E-state index contributed by atoms with van der Waals surface area (Å²) in [6, 6.07) is 6.42. The summed E-state index contributed by atoms with van der Waals surface area (Å²) in [5.41, 5.74) is 5.89. The molecule has 1 fully saturated rings. The van der Waals surface area contributed by atoms with Gasteiger partial charge in [0.05, 0.1) is 28.1 Å². The fraction of sp³-hybridized carbons (Fsp3) is 0.323. The van der Waals surface area contributed by atoms with Crippen LogP contribution in [0, 0.1) is 11.6 Å². The molecule has 1 aromatic carbocycles. The Hall–Kier alpha value is -4.36. The first-order valence-electron chi connectivity index (χ1n) is 14.0. The third kappa shape index (κ3) is 5.41. The molecule has 1 unspecified atom stereocenters. The SMILES string of the molecule is C=CC(=O)N1CCN(C2=NC(O)N(c3c(SC)ccnc3C(C)C)c3nc(-c4c(F)cccc4C(N)=O)c(F)cc32)[C@@H](C)C1. The summed E-state index contributed by atoms with van der Waals surface area (Å²) in [6.07, 6.45) is 3.28. The Labute approximate surface area is 258 Å². The Bertz CT molecular complexity index is 1680. The number of thioether (sulfide) groups is 1. The van der Waals surface area contributed by atoms with E-state index in [9.17, 15) is 14.7 Å². The Balaban J connectivity index is 1.76. The van der Waals surface area contributed by atoms with Crippen LogP contribution in [0.2, 0.25) is 0 Å². The maximum absolute atomic E-state index is 16.1. The normalized spacial score (nSPS) is 18.3. The number of anilines is 2. The van der Waals surface area contributed by atoms with Crippen molar-refractivity contribution in [2.75, 3.05) is 30.8 Å². The van der Waals surface area contributed by atoms with Gasteiger partial charge in [-0.15, -0.1) is 11.8 Å². The molecule has 3 N–H and O–H groups in total. The highest BCUT2D eigenvalue weighted by Crippen LogP contribution is 2.44. The van der Waals surface area contributed by atoms with Gasteiger partial charge in [0.2, 0.25) is 18.2 Å². The molecule has 2 aliphatic rings. The van der Waals surface area contributed by atoms with Gasteiger partial charge in [0.1, 0.15) is 23.2 Å². The molecule has 44 heavy (non-hydrogen) atoms. The number of aromatic nitrogens is 2. The van der Waals surface area contributed by atoms with E-state index in [1.807, 2.05) is 31.9 Å². The highest BCUT2D eigenvalue weighted by atomic mass is 32.2. The second-order valence-corrected chi connectivity index (χ2v) is 11.7. The number of piperazine rings is 1. The van der Waals surface area contributed by atoms with Gasteiger partial charge in [0.25, 0.3) is 0 Å². The van der Waals surface area contributed by atoms with E-state index in [1.54, 1.807) is 17.2 Å². The number of carbonyl (C=O) groups excluding carboxylic acids is 2. The molecule has 4 heterocycles. The highest BCUT2D eigenvalue weighted by Gasteiger charge is 2.39. The van der Waals surface area contributed by atoms with Gasteiger partial charge < -0.3 is 20.6 Å². The number of halogens is 2. The van der Waals surface area contributed by atoms with Crippen LogP contribution in [0.25, 0.3) is 11.3 Å². The van der Waals surface area contributed by atoms with Crippen LogP contribution >= 0.6 is 11.8 Å². The highest BCUT2D eigenvalue weighted by molar-refractivity contribution is 7.98. The summed E-state index contributed by atoms with van der Waals surface area (Å²) in [5, 5.41) is 11.7. The van der Waals surface area contributed by atoms with E-state index in [0.717, 1.165) is 11.0 Å². The molecule has 2 amide bonds. The van der Waals surface area contributed by atoms with Gasteiger partial charge in [-0.05, 0) is 49.4 Å². The topological polar surface area (TPSA) is 128 Å². The molecule has 13 heteroatoms. The predicted molar refractivity (Wildman–Crippen MR) is 166 cm³/mol. The van der Waals surface area contributed by atoms with E-state index < -0.39 is 29.6 Å². The largest absolute Gasteiger partial charge is 0.366 e. The van der Waals surface area contributed by atoms with Crippen molar-refractivity contribution in [1.29, 1.82) is 0 Å². The zero-order chi connectivity index (χ0) is 31.9. The number of hydrogen-bond acceptors (Lipinski definition) is 9. The number of aliphatic hydroxyl groups is 1. The molecule has 1 saturated heterocycles. The zero-order valence-corrected chi connectivity index (χ0v) is 25.6.